The van der Waals surface area contributed by atoms with Crippen LogP contribution < -0.4 is 4.90 Å². The van der Waals surface area contributed by atoms with Crippen molar-refractivity contribution in [2.75, 3.05) is 11.4 Å². The molecule has 0 unspecified atom stereocenters. The number of aryl methyl sites for hydroxylation is 1. The second kappa shape index (κ2) is 6.95. The highest BCUT2D eigenvalue weighted by Crippen LogP contribution is 2.29. The van der Waals surface area contributed by atoms with Crippen LogP contribution in [0.15, 0.2) is 40.9 Å². The van der Waals surface area contributed by atoms with Crippen molar-refractivity contribution in [1.29, 1.82) is 0 Å². The minimum absolute atomic E-state index is 0.0250. The average Bonchev–Trinajstić information content (AvgIpc) is 3.03. The molecule has 26 heavy (non-hydrogen) atoms. The molecule has 0 aliphatic rings. The summed E-state index contributed by atoms with van der Waals surface area (Å²) in [7, 11) is 0. The number of carbonyl (C=O) groups is 2. The van der Waals surface area contributed by atoms with Crippen molar-refractivity contribution in [3.63, 3.8) is 0 Å². The molecule has 7 nitrogen and oxygen atoms in total. The van der Waals surface area contributed by atoms with Gasteiger partial charge in [-0.25, -0.2) is 4.98 Å². The Morgan fingerprint density at radius 3 is 2.54 bits per heavy atom. The second-order valence-electron chi connectivity index (χ2n) is 6.33. The number of aliphatic carboxylic acids is 1. The molecule has 2 heterocycles. The summed E-state index contributed by atoms with van der Waals surface area (Å²) in [5, 5.41) is 13.9. The monoisotopic (exact) mass is 353 g/mol. The number of fused-ring (bicyclic) bond motifs is 1. The van der Waals surface area contributed by atoms with Gasteiger partial charge in [-0.3, -0.25) is 14.5 Å². The fourth-order valence-corrected chi connectivity index (χ4v) is 2.83. The Bertz CT molecular complexity index is 964. The van der Waals surface area contributed by atoms with Crippen LogP contribution in [0.3, 0.4) is 0 Å². The number of carbonyl (C=O) groups excluding carboxylic acids is 1. The van der Waals surface area contributed by atoms with E-state index in [4.69, 9.17) is 4.52 Å². The average molecular weight is 353 g/mol. The number of amides is 1. The van der Waals surface area contributed by atoms with Crippen molar-refractivity contribution in [3.05, 3.63) is 53.3 Å². The first kappa shape index (κ1) is 17.6. The highest BCUT2D eigenvalue weighted by Gasteiger charge is 2.26. The van der Waals surface area contributed by atoms with E-state index in [1.165, 1.54) is 4.90 Å². The first-order valence-electron chi connectivity index (χ1n) is 8.24. The number of rotatable bonds is 5. The summed E-state index contributed by atoms with van der Waals surface area (Å²) < 4.78 is 5.30. The lowest BCUT2D eigenvalue weighted by molar-refractivity contribution is -0.135. The predicted octanol–water partition coefficient (Wildman–Crippen LogP) is 3.39. The van der Waals surface area contributed by atoms with Crippen LogP contribution in [0.5, 0.6) is 0 Å². The van der Waals surface area contributed by atoms with E-state index in [9.17, 15) is 14.7 Å². The summed E-state index contributed by atoms with van der Waals surface area (Å²) in [5.74, 6) is -1.50. The smallest absolute Gasteiger partial charge is 0.323 e. The zero-order valence-corrected chi connectivity index (χ0v) is 14.8. The van der Waals surface area contributed by atoms with Crippen molar-refractivity contribution in [3.8, 4) is 0 Å². The number of anilines is 1. The van der Waals surface area contributed by atoms with Gasteiger partial charge in [0.2, 0.25) is 0 Å². The maximum Gasteiger partial charge on any atom is 0.323 e. The van der Waals surface area contributed by atoms with E-state index >= 15 is 0 Å². The molecule has 0 radical (unpaired) electrons. The molecule has 134 valence electrons. The fourth-order valence-electron chi connectivity index (χ4n) is 2.83. The zero-order valence-electron chi connectivity index (χ0n) is 14.8. The van der Waals surface area contributed by atoms with E-state index in [0.29, 0.717) is 28.0 Å². The number of carboxylic acids is 1. The third-order valence-electron chi connectivity index (χ3n) is 3.98. The summed E-state index contributed by atoms with van der Waals surface area (Å²) >= 11 is 0. The van der Waals surface area contributed by atoms with E-state index in [1.54, 1.807) is 43.3 Å². The fraction of sp³-hybridized carbons (Fsp3) is 0.263. The molecule has 7 heteroatoms. The van der Waals surface area contributed by atoms with Crippen LogP contribution in [0, 0.1) is 6.92 Å². The van der Waals surface area contributed by atoms with Crippen molar-refractivity contribution in [1.82, 2.24) is 10.1 Å². The number of hydrogen-bond donors (Lipinski definition) is 1. The van der Waals surface area contributed by atoms with E-state index in [1.807, 2.05) is 13.8 Å². The summed E-state index contributed by atoms with van der Waals surface area (Å²) in [6.45, 7) is 5.18. The van der Waals surface area contributed by atoms with Gasteiger partial charge in [-0.2, -0.15) is 0 Å². The molecule has 0 atom stereocenters. The van der Waals surface area contributed by atoms with Crippen LogP contribution in [0.4, 0.5) is 5.69 Å². The molecular weight excluding hydrogens is 334 g/mol. The van der Waals surface area contributed by atoms with Gasteiger partial charge in [-0.1, -0.05) is 37.2 Å². The zero-order chi connectivity index (χ0) is 18.8. The molecule has 0 saturated carbocycles. The second-order valence-corrected chi connectivity index (χ2v) is 6.33. The Morgan fingerprint density at radius 2 is 1.92 bits per heavy atom. The Morgan fingerprint density at radius 1 is 1.23 bits per heavy atom. The highest BCUT2D eigenvalue weighted by atomic mass is 16.5. The van der Waals surface area contributed by atoms with E-state index in [0.717, 1.165) is 0 Å². The van der Waals surface area contributed by atoms with Gasteiger partial charge in [0.15, 0.2) is 0 Å². The minimum Gasteiger partial charge on any atom is -0.480 e. The van der Waals surface area contributed by atoms with Crippen LogP contribution in [0.25, 0.3) is 11.1 Å². The number of para-hydroxylation sites is 1. The van der Waals surface area contributed by atoms with E-state index < -0.39 is 18.4 Å². The van der Waals surface area contributed by atoms with Gasteiger partial charge in [0.05, 0.1) is 16.6 Å². The number of hydrogen-bond acceptors (Lipinski definition) is 5. The quantitative estimate of drug-likeness (QED) is 0.755. The number of pyridine rings is 1. The Balaban J connectivity index is 2.18. The third kappa shape index (κ3) is 3.28. The van der Waals surface area contributed by atoms with Crippen LogP contribution in [0.1, 0.15) is 41.5 Å². The van der Waals surface area contributed by atoms with Crippen molar-refractivity contribution >= 4 is 28.7 Å². The first-order valence-corrected chi connectivity index (χ1v) is 8.24. The van der Waals surface area contributed by atoms with Crippen molar-refractivity contribution in [2.24, 2.45) is 0 Å². The predicted molar refractivity (Wildman–Crippen MR) is 96.4 cm³/mol. The van der Waals surface area contributed by atoms with Crippen LogP contribution in [0.2, 0.25) is 0 Å². The number of nitrogens with zero attached hydrogens (tertiary/aromatic N) is 3. The van der Waals surface area contributed by atoms with Gasteiger partial charge in [-0.05, 0) is 31.0 Å². The van der Waals surface area contributed by atoms with Crippen LogP contribution in [-0.4, -0.2) is 33.7 Å². The van der Waals surface area contributed by atoms with Gasteiger partial charge in [-0.15, -0.1) is 0 Å². The highest BCUT2D eigenvalue weighted by molar-refractivity contribution is 6.14. The molecule has 0 bridgehead atoms. The van der Waals surface area contributed by atoms with Gasteiger partial charge in [0, 0.05) is 11.4 Å². The Labute approximate surface area is 150 Å². The lowest BCUT2D eigenvalue weighted by Gasteiger charge is -2.21. The Hall–Kier alpha value is -3.22. The molecule has 1 amide bonds. The standard InChI is InChI=1S/C19H19N3O4/c1-11(2)17-16-14(9-12(3)20-18(16)26-21-17)19(25)22(10-15(23)24)13-7-5-4-6-8-13/h4-9,11H,10H2,1-3H3,(H,23,24). The minimum atomic E-state index is -1.10. The van der Waals surface area contributed by atoms with Gasteiger partial charge in [0.25, 0.3) is 11.6 Å². The number of aromatic nitrogens is 2. The normalized spacial score (nSPS) is 11.1. The summed E-state index contributed by atoms with van der Waals surface area (Å²) in [6.07, 6.45) is 0. The first-order chi connectivity index (χ1) is 12.4. The Kier molecular flexibility index (Phi) is 4.71. The molecule has 1 N–H and O–H groups in total. The lowest BCUT2D eigenvalue weighted by atomic mass is 10.0. The van der Waals surface area contributed by atoms with Gasteiger partial charge in [0.1, 0.15) is 6.54 Å². The number of carboxylic acid groups (broad SMARTS) is 1. The third-order valence-corrected chi connectivity index (χ3v) is 3.98. The molecule has 0 fully saturated rings. The molecular formula is C19H19N3O4. The number of benzene rings is 1. The van der Waals surface area contributed by atoms with Crippen LogP contribution in [-0.2, 0) is 4.79 Å². The molecule has 0 saturated heterocycles. The molecule has 0 aliphatic carbocycles. The summed E-state index contributed by atoms with van der Waals surface area (Å²) in [4.78, 5) is 30.2. The van der Waals surface area contributed by atoms with Gasteiger partial charge >= 0.3 is 5.97 Å². The van der Waals surface area contributed by atoms with Crippen molar-refractivity contribution < 1.29 is 19.2 Å². The molecule has 0 spiro atoms. The summed E-state index contributed by atoms with van der Waals surface area (Å²) in [5.41, 5.74) is 2.34. The van der Waals surface area contributed by atoms with Crippen LogP contribution >= 0.6 is 0 Å². The topological polar surface area (TPSA) is 96.5 Å². The van der Waals surface area contributed by atoms with E-state index in [2.05, 4.69) is 10.1 Å². The van der Waals surface area contributed by atoms with Gasteiger partial charge < -0.3 is 9.63 Å². The van der Waals surface area contributed by atoms with E-state index in [-0.39, 0.29) is 11.6 Å². The SMILES string of the molecule is Cc1cc(C(=O)N(CC(=O)O)c2ccccc2)c2c(C(C)C)noc2n1. The maximum atomic E-state index is 13.3. The maximum absolute atomic E-state index is 13.3. The molecule has 1 aromatic carbocycles. The van der Waals surface area contributed by atoms with Crippen molar-refractivity contribution in [2.45, 2.75) is 26.7 Å². The molecule has 2 aromatic heterocycles. The lowest BCUT2D eigenvalue weighted by Crippen LogP contribution is -2.36. The molecule has 3 aromatic rings. The molecule has 3 rings (SSSR count). The molecule has 0 aliphatic heterocycles. The summed E-state index contributed by atoms with van der Waals surface area (Å²) in [6, 6.07) is 10.4. The largest absolute Gasteiger partial charge is 0.480 e.